The SMILES string of the molecule is Cc1ccc2nccc(N3CCCC4(CCC(=O)N(CCCO)C4)C3)c2c1. The van der Waals surface area contributed by atoms with E-state index < -0.39 is 0 Å². The van der Waals surface area contributed by atoms with Gasteiger partial charge in [-0.15, -0.1) is 0 Å². The van der Waals surface area contributed by atoms with Crippen molar-refractivity contribution in [3.8, 4) is 0 Å². The highest BCUT2D eigenvalue weighted by Gasteiger charge is 2.41. The second kappa shape index (κ2) is 7.47. The van der Waals surface area contributed by atoms with Crippen molar-refractivity contribution in [2.24, 2.45) is 5.41 Å². The molecular weight excluding hydrogens is 338 g/mol. The summed E-state index contributed by atoms with van der Waals surface area (Å²) in [6, 6.07) is 8.58. The number of likely N-dealkylation sites (tertiary alicyclic amines) is 1. The summed E-state index contributed by atoms with van der Waals surface area (Å²) >= 11 is 0. The van der Waals surface area contributed by atoms with Crippen LogP contribution in [0.1, 0.15) is 37.7 Å². The maximum atomic E-state index is 12.3. The minimum Gasteiger partial charge on any atom is -0.396 e. The topological polar surface area (TPSA) is 56.7 Å². The highest BCUT2D eigenvalue weighted by molar-refractivity contribution is 5.92. The van der Waals surface area contributed by atoms with Crippen molar-refractivity contribution >= 4 is 22.5 Å². The summed E-state index contributed by atoms with van der Waals surface area (Å²) in [6.07, 6.45) is 6.51. The first-order valence-electron chi connectivity index (χ1n) is 10.1. The molecule has 1 aromatic heterocycles. The normalized spacial score (nSPS) is 23.4. The molecule has 144 valence electrons. The second-order valence-electron chi connectivity index (χ2n) is 8.27. The number of carbonyl (C=O) groups is 1. The molecule has 2 saturated heterocycles. The Hall–Kier alpha value is -2.14. The molecule has 0 bridgehead atoms. The highest BCUT2D eigenvalue weighted by Crippen LogP contribution is 2.41. The van der Waals surface area contributed by atoms with Gasteiger partial charge in [-0.05, 0) is 50.8 Å². The van der Waals surface area contributed by atoms with Crippen molar-refractivity contribution < 1.29 is 9.90 Å². The van der Waals surface area contributed by atoms with Gasteiger partial charge in [0.15, 0.2) is 0 Å². The fraction of sp³-hybridized carbons (Fsp3) is 0.545. The number of anilines is 1. The zero-order chi connectivity index (χ0) is 18.9. The van der Waals surface area contributed by atoms with Crippen molar-refractivity contribution in [3.63, 3.8) is 0 Å². The molecule has 0 radical (unpaired) electrons. The molecule has 0 saturated carbocycles. The number of hydrogen-bond acceptors (Lipinski definition) is 4. The quantitative estimate of drug-likeness (QED) is 0.902. The zero-order valence-electron chi connectivity index (χ0n) is 16.2. The number of hydrogen-bond donors (Lipinski definition) is 1. The first-order chi connectivity index (χ1) is 13.1. The van der Waals surface area contributed by atoms with Crippen LogP contribution in [0.4, 0.5) is 5.69 Å². The Morgan fingerprint density at radius 2 is 2.11 bits per heavy atom. The van der Waals surface area contributed by atoms with Crippen LogP contribution in [0, 0.1) is 12.3 Å². The van der Waals surface area contributed by atoms with Gasteiger partial charge >= 0.3 is 0 Å². The number of aliphatic hydroxyl groups excluding tert-OH is 1. The number of aryl methyl sites for hydroxylation is 1. The minimum absolute atomic E-state index is 0.144. The van der Waals surface area contributed by atoms with Crippen molar-refractivity contribution in [2.45, 2.75) is 39.0 Å². The van der Waals surface area contributed by atoms with E-state index in [9.17, 15) is 4.79 Å². The molecule has 2 aromatic rings. The lowest BCUT2D eigenvalue weighted by Gasteiger charge is -2.49. The number of fused-ring (bicyclic) bond motifs is 1. The van der Waals surface area contributed by atoms with Crippen molar-refractivity contribution in [1.29, 1.82) is 0 Å². The van der Waals surface area contributed by atoms with Crippen LogP contribution in [0.2, 0.25) is 0 Å². The molecule has 1 spiro atoms. The lowest BCUT2D eigenvalue weighted by Crippen LogP contribution is -2.54. The number of aromatic nitrogens is 1. The number of benzene rings is 1. The third-order valence-corrected chi connectivity index (χ3v) is 6.21. The van der Waals surface area contributed by atoms with Crippen molar-refractivity contribution in [3.05, 3.63) is 36.0 Å². The summed E-state index contributed by atoms with van der Waals surface area (Å²) in [4.78, 5) is 21.3. The molecule has 2 aliphatic heterocycles. The number of carbonyl (C=O) groups excluding carboxylic acids is 1. The molecule has 1 amide bonds. The standard InChI is InChI=1S/C22H29N3O2/c1-17-4-5-19-18(14-17)20(7-10-23-19)24-11-2-8-22(15-24)9-6-21(27)25(16-22)12-3-13-26/h4-5,7,10,14,26H,2-3,6,8-9,11-13,15-16H2,1H3. The second-order valence-corrected chi connectivity index (χ2v) is 8.27. The predicted octanol–water partition coefficient (Wildman–Crippen LogP) is 3.13. The van der Waals surface area contributed by atoms with Crippen LogP contribution in [-0.2, 0) is 4.79 Å². The van der Waals surface area contributed by atoms with Gasteiger partial charge in [-0.2, -0.15) is 0 Å². The molecule has 2 fully saturated rings. The largest absolute Gasteiger partial charge is 0.396 e. The van der Waals surface area contributed by atoms with E-state index in [1.54, 1.807) is 0 Å². The maximum absolute atomic E-state index is 12.3. The Labute approximate surface area is 161 Å². The summed E-state index contributed by atoms with van der Waals surface area (Å²) in [6.45, 7) is 5.81. The third kappa shape index (κ3) is 3.65. The first kappa shape index (κ1) is 18.2. The molecule has 5 heteroatoms. The van der Waals surface area contributed by atoms with Gasteiger partial charge in [-0.1, -0.05) is 11.6 Å². The number of piperidine rings is 2. The molecule has 2 aliphatic rings. The molecule has 1 N–H and O–H groups in total. The molecule has 1 unspecified atom stereocenters. The molecule has 4 rings (SSSR count). The minimum atomic E-state index is 0.144. The molecule has 3 heterocycles. The summed E-state index contributed by atoms with van der Waals surface area (Å²) < 4.78 is 0. The molecule has 5 nitrogen and oxygen atoms in total. The number of nitrogens with zero attached hydrogens (tertiary/aromatic N) is 3. The summed E-state index contributed by atoms with van der Waals surface area (Å²) in [5.41, 5.74) is 3.73. The van der Waals surface area contributed by atoms with Crippen LogP contribution in [0.15, 0.2) is 30.5 Å². The van der Waals surface area contributed by atoms with Crippen molar-refractivity contribution in [2.75, 3.05) is 37.7 Å². The van der Waals surface area contributed by atoms with Crippen LogP contribution in [-0.4, -0.2) is 53.7 Å². The average molecular weight is 367 g/mol. The van der Waals surface area contributed by atoms with Gasteiger partial charge in [0.2, 0.25) is 5.91 Å². The van der Waals surface area contributed by atoms with Gasteiger partial charge in [0, 0.05) is 61.9 Å². The van der Waals surface area contributed by atoms with E-state index >= 15 is 0 Å². The Bertz CT molecular complexity index is 837. The Morgan fingerprint density at radius 1 is 1.22 bits per heavy atom. The van der Waals surface area contributed by atoms with E-state index in [1.165, 1.54) is 23.1 Å². The van der Waals surface area contributed by atoms with Gasteiger partial charge in [0.25, 0.3) is 0 Å². The van der Waals surface area contributed by atoms with E-state index in [2.05, 4.69) is 41.1 Å². The Balaban J connectivity index is 1.60. The monoisotopic (exact) mass is 367 g/mol. The molecular formula is C22H29N3O2. The van der Waals surface area contributed by atoms with Crippen LogP contribution < -0.4 is 4.90 Å². The summed E-state index contributed by atoms with van der Waals surface area (Å²) in [5.74, 6) is 0.246. The van der Waals surface area contributed by atoms with E-state index in [-0.39, 0.29) is 17.9 Å². The zero-order valence-corrected chi connectivity index (χ0v) is 16.2. The van der Waals surface area contributed by atoms with Crippen LogP contribution >= 0.6 is 0 Å². The lowest BCUT2D eigenvalue weighted by molar-refractivity contribution is -0.138. The first-order valence-corrected chi connectivity index (χ1v) is 10.1. The number of rotatable bonds is 4. The van der Waals surface area contributed by atoms with Gasteiger partial charge in [0.05, 0.1) is 5.52 Å². The Kier molecular flexibility index (Phi) is 5.04. The average Bonchev–Trinajstić information content (AvgIpc) is 2.68. The number of aliphatic hydroxyl groups is 1. The molecule has 27 heavy (non-hydrogen) atoms. The number of amides is 1. The van der Waals surface area contributed by atoms with Gasteiger partial charge < -0.3 is 14.9 Å². The van der Waals surface area contributed by atoms with E-state index in [0.29, 0.717) is 19.4 Å². The van der Waals surface area contributed by atoms with E-state index in [0.717, 1.165) is 38.0 Å². The van der Waals surface area contributed by atoms with E-state index in [1.807, 2.05) is 11.1 Å². The molecule has 0 aliphatic carbocycles. The number of pyridine rings is 1. The Morgan fingerprint density at radius 3 is 2.96 bits per heavy atom. The predicted molar refractivity (Wildman–Crippen MR) is 108 cm³/mol. The van der Waals surface area contributed by atoms with Crippen LogP contribution in [0.5, 0.6) is 0 Å². The molecule has 1 aromatic carbocycles. The van der Waals surface area contributed by atoms with Gasteiger partial charge in [-0.25, -0.2) is 0 Å². The van der Waals surface area contributed by atoms with E-state index in [4.69, 9.17) is 5.11 Å². The fourth-order valence-electron chi connectivity index (χ4n) is 4.84. The third-order valence-electron chi connectivity index (χ3n) is 6.21. The smallest absolute Gasteiger partial charge is 0.222 e. The summed E-state index contributed by atoms with van der Waals surface area (Å²) in [7, 11) is 0. The van der Waals surface area contributed by atoms with Crippen LogP contribution in [0.25, 0.3) is 10.9 Å². The fourth-order valence-corrected chi connectivity index (χ4v) is 4.84. The lowest BCUT2D eigenvalue weighted by atomic mass is 9.73. The van der Waals surface area contributed by atoms with Crippen molar-refractivity contribution in [1.82, 2.24) is 9.88 Å². The maximum Gasteiger partial charge on any atom is 0.222 e. The summed E-state index contributed by atoms with van der Waals surface area (Å²) in [5, 5.41) is 10.4. The molecule has 1 atom stereocenters. The van der Waals surface area contributed by atoms with Crippen LogP contribution in [0.3, 0.4) is 0 Å². The van der Waals surface area contributed by atoms with Gasteiger partial charge in [-0.3, -0.25) is 9.78 Å². The highest BCUT2D eigenvalue weighted by atomic mass is 16.3. The van der Waals surface area contributed by atoms with Gasteiger partial charge in [0.1, 0.15) is 0 Å².